The summed E-state index contributed by atoms with van der Waals surface area (Å²) in [6.45, 7) is -0.210. The van der Waals surface area contributed by atoms with Crippen LogP contribution >= 0.6 is 11.8 Å². The third kappa shape index (κ3) is 4.37. The van der Waals surface area contributed by atoms with Crippen LogP contribution < -0.4 is 10.9 Å². The first-order valence-corrected chi connectivity index (χ1v) is 9.05. The Morgan fingerprint density at radius 3 is 2.42 bits per heavy atom. The van der Waals surface area contributed by atoms with Crippen molar-refractivity contribution in [2.45, 2.75) is 11.4 Å². The lowest BCUT2D eigenvalue weighted by Crippen LogP contribution is -2.29. The minimum absolute atomic E-state index is 0.210. The molecule has 132 valence electrons. The van der Waals surface area contributed by atoms with Crippen molar-refractivity contribution in [1.29, 1.82) is 0 Å². The van der Waals surface area contributed by atoms with Gasteiger partial charge in [-0.05, 0) is 60.9 Å². The standard InChI is InChI=1S/C19H16FN3O2S/c1-26-16-8-6-15(7-9-16)21-18(24)12-23-19(25)11-10-17(22-23)13-2-4-14(20)5-3-13/h2-11H,12H2,1H3,(H,21,24). The molecule has 1 heterocycles. The van der Waals surface area contributed by atoms with Crippen LogP contribution in [0.1, 0.15) is 0 Å². The third-order valence-electron chi connectivity index (χ3n) is 3.67. The number of nitrogens with zero attached hydrogens (tertiary/aromatic N) is 2. The molecule has 5 nitrogen and oxygen atoms in total. The molecule has 1 N–H and O–H groups in total. The Bertz CT molecular complexity index is 969. The molecule has 0 bridgehead atoms. The molecule has 0 saturated carbocycles. The van der Waals surface area contributed by atoms with E-state index >= 15 is 0 Å². The van der Waals surface area contributed by atoms with E-state index < -0.39 is 0 Å². The maximum atomic E-state index is 13.0. The van der Waals surface area contributed by atoms with Crippen LogP contribution in [0.15, 0.2) is 70.4 Å². The highest BCUT2D eigenvalue weighted by Crippen LogP contribution is 2.18. The zero-order valence-corrected chi connectivity index (χ0v) is 14.8. The van der Waals surface area contributed by atoms with E-state index in [4.69, 9.17) is 0 Å². The number of halogens is 1. The van der Waals surface area contributed by atoms with Crippen molar-refractivity contribution in [3.8, 4) is 11.3 Å². The van der Waals surface area contributed by atoms with Crippen LogP contribution in [0.2, 0.25) is 0 Å². The third-order valence-corrected chi connectivity index (χ3v) is 4.42. The smallest absolute Gasteiger partial charge is 0.267 e. The number of hydrogen-bond donors (Lipinski definition) is 1. The second kappa shape index (κ2) is 7.97. The molecule has 0 aliphatic carbocycles. The van der Waals surface area contributed by atoms with Gasteiger partial charge in [0.15, 0.2) is 0 Å². The molecule has 2 aromatic carbocycles. The lowest BCUT2D eigenvalue weighted by Gasteiger charge is -2.09. The number of anilines is 1. The molecule has 1 amide bonds. The summed E-state index contributed by atoms with van der Waals surface area (Å²) in [7, 11) is 0. The van der Waals surface area contributed by atoms with Crippen molar-refractivity contribution < 1.29 is 9.18 Å². The summed E-state index contributed by atoms with van der Waals surface area (Å²) in [6.07, 6.45) is 1.97. The normalized spacial score (nSPS) is 10.5. The molecule has 3 aromatic rings. The van der Waals surface area contributed by atoms with Crippen molar-refractivity contribution >= 4 is 23.4 Å². The van der Waals surface area contributed by atoms with Crippen molar-refractivity contribution in [2.75, 3.05) is 11.6 Å². The van der Waals surface area contributed by atoms with Crippen molar-refractivity contribution in [3.05, 3.63) is 76.8 Å². The number of aromatic nitrogens is 2. The van der Waals surface area contributed by atoms with Crippen molar-refractivity contribution in [3.63, 3.8) is 0 Å². The molecule has 0 aliphatic heterocycles. The molecule has 0 spiro atoms. The van der Waals surface area contributed by atoms with E-state index in [0.717, 1.165) is 9.58 Å². The Hall–Kier alpha value is -2.93. The fourth-order valence-electron chi connectivity index (χ4n) is 2.35. The Balaban J connectivity index is 1.75. The highest BCUT2D eigenvalue weighted by Gasteiger charge is 2.09. The first-order chi connectivity index (χ1) is 12.5. The maximum Gasteiger partial charge on any atom is 0.267 e. The van der Waals surface area contributed by atoms with E-state index in [1.165, 1.54) is 18.2 Å². The van der Waals surface area contributed by atoms with E-state index in [2.05, 4.69) is 10.4 Å². The quantitative estimate of drug-likeness (QED) is 0.700. The topological polar surface area (TPSA) is 64.0 Å². The van der Waals surface area contributed by atoms with Gasteiger partial charge in [-0.1, -0.05) is 0 Å². The van der Waals surface area contributed by atoms with Gasteiger partial charge in [0, 0.05) is 22.2 Å². The molecule has 0 saturated heterocycles. The molecule has 0 unspecified atom stereocenters. The molecule has 26 heavy (non-hydrogen) atoms. The van der Waals surface area contributed by atoms with Gasteiger partial charge in [0.2, 0.25) is 5.91 Å². The molecule has 0 aliphatic rings. The number of carbonyl (C=O) groups excluding carboxylic acids is 1. The number of thioether (sulfide) groups is 1. The monoisotopic (exact) mass is 369 g/mol. The number of amides is 1. The molecule has 1 aromatic heterocycles. The number of hydrogen-bond acceptors (Lipinski definition) is 4. The predicted octanol–water partition coefficient (Wildman–Crippen LogP) is 3.41. The van der Waals surface area contributed by atoms with Crippen LogP contribution in [0.5, 0.6) is 0 Å². The van der Waals surface area contributed by atoms with Gasteiger partial charge < -0.3 is 5.32 Å². The summed E-state index contributed by atoms with van der Waals surface area (Å²) in [5.74, 6) is -0.707. The summed E-state index contributed by atoms with van der Waals surface area (Å²) in [4.78, 5) is 25.3. The van der Waals surface area contributed by atoms with E-state index in [-0.39, 0.29) is 23.8 Å². The number of nitrogens with one attached hydrogen (secondary N) is 1. The summed E-state index contributed by atoms with van der Waals surface area (Å²) in [6, 6.07) is 16.1. The van der Waals surface area contributed by atoms with Crippen LogP contribution in [-0.4, -0.2) is 21.9 Å². The highest BCUT2D eigenvalue weighted by molar-refractivity contribution is 7.98. The van der Waals surface area contributed by atoms with Crippen LogP contribution in [0.4, 0.5) is 10.1 Å². The average Bonchev–Trinajstić information content (AvgIpc) is 2.65. The molecule has 3 rings (SSSR count). The van der Waals surface area contributed by atoms with E-state index in [1.54, 1.807) is 42.1 Å². The second-order valence-corrected chi connectivity index (χ2v) is 6.38. The minimum Gasteiger partial charge on any atom is -0.324 e. The van der Waals surface area contributed by atoms with Gasteiger partial charge in [0.05, 0.1) is 5.69 Å². The zero-order chi connectivity index (χ0) is 18.5. The highest BCUT2D eigenvalue weighted by atomic mass is 32.2. The van der Waals surface area contributed by atoms with Crippen LogP contribution in [-0.2, 0) is 11.3 Å². The lowest BCUT2D eigenvalue weighted by atomic mass is 10.1. The van der Waals surface area contributed by atoms with Gasteiger partial charge in [-0.2, -0.15) is 5.10 Å². The first-order valence-electron chi connectivity index (χ1n) is 7.83. The van der Waals surface area contributed by atoms with Crippen LogP contribution in [0.25, 0.3) is 11.3 Å². The second-order valence-electron chi connectivity index (χ2n) is 5.50. The fourth-order valence-corrected chi connectivity index (χ4v) is 2.76. The lowest BCUT2D eigenvalue weighted by molar-refractivity contribution is -0.117. The SMILES string of the molecule is CSc1ccc(NC(=O)Cn2nc(-c3ccc(F)cc3)ccc2=O)cc1. The van der Waals surface area contributed by atoms with Gasteiger partial charge >= 0.3 is 0 Å². The molecule has 0 radical (unpaired) electrons. The van der Waals surface area contributed by atoms with Crippen LogP contribution in [0, 0.1) is 5.82 Å². The van der Waals surface area contributed by atoms with E-state index in [0.29, 0.717) is 16.9 Å². The maximum absolute atomic E-state index is 13.0. The Labute approximate surface area is 153 Å². The van der Waals surface area contributed by atoms with Crippen molar-refractivity contribution in [2.24, 2.45) is 0 Å². The predicted molar refractivity (Wildman–Crippen MR) is 101 cm³/mol. The fraction of sp³-hybridized carbons (Fsp3) is 0.105. The minimum atomic E-state index is -0.385. The van der Waals surface area contributed by atoms with E-state index in [1.807, 2.05) is 18.4 Å². The van der Waals surface area contributed by atoms with Gasteiger partial charge in [-0.3, -0.25) is 9.59 Å². The van der Waals surface area contributed by atoms with Gasteiger partial charge in [0.25, 0.3) is 5.56 Å². The average molecular weight is 369 g/mol. The van der Waals surface area contributed by atoms with E-state index in [9.17, 15) is 14.0 Å². The largest absolute Gasteiger partial charge is 0.324 e. The summed E-state index contributed by atoms with van der Waals surface area (Å²) >= 11 is 1.61. The van der Waals surface area contributed by atoms with Gasteiger partial charge in [-0.25, -0.2) is 9.07 Å². The number of carbonyl (C=O) groups is 1. The zero-order valence-electron chi connectivity index (χ0n) is 14.0. The molecule has 0 atom stereocenters. The number of benzene rings is 2. The summed E-state index contributed by atoms with van der Waals surface area (Å²) < 4.78 is 14.1. The molecular formula is C19H16FN3O2S. The van der Waals surface area contributed by atoms with Gasteiger partial charge in [0.1, 0.15) is 12.4 Å². The van der Waals surface area contributed by atoms with Crippen molar-refractivity contribution in [1.82, 2.24) is 9.78 Å². The Morgan fingerprint density at radius 2 is 1.77 bits per heavy atom. The molecular weight excluding hydrogens is 353 g/mol. The summed E-state index contributed by atoms with van der Waals surface area (Å²) in [5.41, 5.74) is 1.41. The Morgan fingerprint density at radius 1 is 1.08 bits per heavy atom. The Kier molecular flexibility index (Phi) is 5.48. The van der Waals surface area contributed by atoms with Crippen LogP contribution in [0.3, 0.4) is 0 Å². The molecule has 7 heteroatoms. The van der Waals surface area contributed by atoms with Gasteiger partial charge in [-0.15, -0.1) is 11.8 Å². The number of rotatable bonds is 5. The first kappa shape index (κ1) is 17.9. The molecule has 0 fully saturated rings. The summed E-state index contributed by atoms with van der Waals surface area (Å²) in [5, 5.41) is 6.94.